The monoisotopic (exact) mass is 446 g/mol. The molecule has 0 fully saturated rings. The van der Waals surface area contributed by atoms with Crippen LogP contribution in [0.25, 0.3) is 5.69 Å². The third-order valence-electron chi connectivity index (χ3n) is 4.55. The van der Waals surface area contributed by atoms with Crippen molar-refractivity contribution in [2.24, 2.45) is 0 Å². The van der Waals surface area contributed by atoms with E-state index in [1.165, 1.54) is 47.1 Å². The normalized spacial score (nSPS) is 14.1. The molecule has 1 N–H and O–H groups in total. The summed E-state index contributed by atoms with van der Waals surface area (Å²) in [6.07, 6.45) is 0. The first-order valence-electron chi connectivity index (χ1n) is 8.97. The zero-order valence-corrected chi connectivity index (χ0v) is 16.6. The van der Waals surface area contributed by atoms with Crippen molar-refractivity contribution in [3.05, 3.63) is 75.7 Å². The van der Waals surface area contributed by atoms with Crippen LogP contribution < -0.4 is 10.1 Å². The number of non-ortho nitro benzene ring substituents is 1. The summed E-state index contributed by atoms with van der Waals surface area (Å²) in [5.74, 6) is -1.85. The molecule has 4 rings (SSSR count). The molecule has 1 aliphatic rings. The van der Waals surface area contributed by atoms with Crippen LogP contribution in [-0.4, -0.2) is 35.6 Å². The molecule has 0 atom stereocenters. The van der Waals surface area contributed by atoms with Gasteiger partial charge in [0, 0.05) is 17.7 Å². The van der Waals surface area contributed by atoms with Crippen LogP contribution in [0, 0.1) is 15.9 Å². The average Bonchev–Trinajstić information content (AvgIpc) is 3.20. The molecule has 1 aromatic heterocycles. The van der Waals surface area contributed by atoms with E-state index >= 15 is 0 Å². The molecule has 0 aliphatic carbocycles. The number of anilines is 1. The highest BCUT2D eigenvalue weighted by Gasteiger charge is 2.33. The summed E-state index contributed by atoms with van der Waals surface area (Å²) in [4.78, 5) is 22.8. The number of benzene rings is 2. The van der Waals surface area contributed by atoms with Crippen LogP contribution in [0.2, 0.25) is 0 Å². The predicted molar refractivity (Wildman–Crippen MR) is 107 cm³/mol. The van der Waals surface area contributed by atoms with E-state index in [0.29, 0.717) is 11.3 Å². The summed E-state index contributed by atoms with van der Waals surface area (Å²) < 4.78 is 44.2. The standard InChI is InChI=1S/C19H15FN4O6S/c20-15-3-1-2-4-17(15)30-9-18(25)21-19-14-10-31(28,29)11-16(14)22-23(19)12-5-7-13(8-6-12)24(26)27/h1-8H,9-11H2,(H,21,25). The number of carbonyl (C=O) groups is 1. The fraction of sp³-hybridized carbons (Fsp3) is 0.158. The number of hydrogen-bond donors (Lipinski definition) is 1. The summed E-state index contributed by atoms with van der Waals surface area (Å²) >= 11 is 0. The van der Waals surface area contributed by atoms with Crippen LogP contribution in [0.5, 0.6) is 5.75 Å². The molecular weight excluding hydrogens is 431 g/mol. The van der Waals surface area contributed by atoms with Crippen molar-refractivity contribution in [1.82, 2.24) is 9.78 Å². The molecular formula is C19H15FN4O6S. The van der Waals surface area contributed by atoms with Crippen molar-refractivity contribution in [3.8, 4) is 11.4 Å². The number of ether oxygens (including phenoxy) is 1. The maximum Gasteiger partial charge on any atom is 0.269 e. The number of sulfone groups is 1. The Hall–Kier alpha value is -3.80. The zero-order valence-electron chi connectivity index (χ0n) is 15.8. The number of nitrogens with zero attached hydrogens (tertiary/aromatic N) is 3. The Morgan fingerprint density at radius 2 is 1.90 bits per heavy atom. The van der Waals surface area contributed by atoms with Crippen molar-refractivity contribution in [2.45, 2.75) is 11.5 Å². The lowest BCUT2D eigenvalue weighted by molar-refractivity contribution is -0.384. The van der Waals surface area contributed by atoms with Gasteiger partial charge in [-0.25, -0.2) is 17.5 Å². The quantitative estimate of drug-likeness (QED) is 0.454. The van der Waals surface area contributed by atoms with Crippen molar-refractivity contribution in [1.29, 1.82) is 0 Å². The van der Waals surface area contributed by atoms with E-state index in [-0.39, 0.29) is 34.5 Å². The topological polar surface area (TPSA) is 133 Å². The third kappa shape index (κ3) is 4.23. The first kappa shape index (κ1) is 20.5. The second kappa shape index (κ2) is 7.80. The SMILES string of the molecule is O=C(COc1ccccc1F)Nc1c2c(nn1-c1ccc([N+](=O)[O-])cc1)CS(=O)(=O)C2. The van der Waals surface area contributed by atoms with Gasteiger partial charge in [0.15, 0.2) is 28.0 Å². The Kier molecular flexibility index (Phi) is 5.15. The van der Waals surface area contributed by atoms with E-state index in [1.54, 1.807) is 6.07 Å². The minimum absolute atomic E-state index is 0.102. The Balaban J connectivity index is 1.61. The van der Waals surface area contributed by atoms with Crippen LogP contribution in [-0.2, 0) is 26.1 Å². The van der Waals surface area contributed by atoms with Crippen molar-refractivity contribution in [3.63, 3.8) is 0 Å². The molecule has 31 heavy (non-hydrogen) atoms. The van der Waals surface area contributed by atoms with Crippen molar-refractivity contribution >= 4 is 27.2 Å². The Labute approximate surface area is 175 Å². The van der Waals surface area contributed by atoms with Gasteiger partial charge in [-0.2, -0.15) is 5.10 Å². The van der Waals surface area contributed by atoms with Crippen LogP contribution in [0.1, 0.15) is 11.3 Å². The lowest BCUT2D eigenvalue weighted by atomic mass is 10.2. The molecule has 2 aromatic carbocycles. The minimum atomic E-state index is -3.40. The van der Waals surface area contributed by atoms with Crippen LogP contribution >= 0.6 is 0 Å². The van der Waals surface area contributed by atoms with Gasteiger partial charge in [0.05, 0.1) is 27.8 Å². The second-order valence-electron chi connectivity index (χ2n) is 6.76. The zero-order chi connectivity index (χ0) is 22.2. The largest absolute Gasteiger partial charge is 0.481 e. The third-order valence-corrected chi connectivity index (χ3v) is 5.99. The number of aromatic nitrogens is 2. The summed E-state index contributed by atoms with van der Waals surface area (Å²) in [5.41, 5.74) is 0.874. The first-order valence-corrected chi connectivity index (χ1v) is 10.8. The molecule has 1 aliphatic heterocycles. The molecule has 160 valence electrons. The number of nitrogens with one attached hydrogen (secondary N) is 1. The van der Waals surface area contributed by atoms with E-state index in [0.717, 1.165) is 0 Å². The number of halogens is 1. The molecule has 12 heteroatoms. The van der Waals surface area contributed by atoms with Crippen LogP contribution in [0.4, 0.5) is 15.9 Å². The molecule has 0 saturated carbocycles. The van der Waals surface area contributed by atoms with Crippen LogP contribution in [0.3, 0.4) is 0 Å². The lowest BCUT2D eigenvalue weighted by Gasteiger charge is -2.12. The minimum Gasteiger partial charge on any atom is -0.481 e. The van der Waals surface area contributed by atoms with Gasteiger partial charge in [-0.3, -0.25) is 14.9 Å². The maximum atomic E-state index is 13.7. The number of nitro benzene ring substituents is 1. The number of hydrogen-bond acceptors (Lipinski definition) is 7. The highest BCUT2D eigenvalue weighted by atomic mass is 32.2. The number of carbonyl (C=O) groups excluding carboxylic acids is 1. The van der Waals surface area contributed by atoms with E-state index in [2.05, 4.69) is 10.4 Å². The number of amides is 1. The summed E-state index contributed by atoms with van der Waals surface area (Å²) in [6, 6.07) is 11.0. The summed E-state index contributed by atoms with van der Waals surface area (Å²) in [6.45, 7) is -0.520. The van der Waals surface area contributed by atoms with Gasteiger partial charge in [0.1, 0.15) is 5.82 Å². The number of fused-ring (bicyclic) bond motifs is 1. The van der Waals surface area contributed by atoms with Gasteiger partial charge in [0.25, 0.3) is 11.6 Å². The van der Waals surface area contributed by atoms with Gasteiger partial charge in [-0.1, -0.05) is 12.1 Å². The van der Waals surface area contributed by atoms with Gasteiger partial charge in [-0.15, -0.1) is 0 Å². The molecule has 10 nitrogen and oxygen atoms in total. The second-order valence-corrected chi connectivity index (χ2v) is 8.82. The summed E-state index contributed by atoms with van der Waals surface area (Å²) in [7, 11) is -3.40. The number of nitro groups is 1. The van der Waals surface area contributed by atoms with Gasteiger partial charge >= 0.3 is 0 Å². The molecule has 0 saturated heterocycles. The van der Waals surface area contributed by atoms with Gasteiger partial charge < -0.3 is 10.1 Å². The van der Waals surface area contributed by atoms with E-state index < -0.39 is 33.1 Å². The fourth-order valence-corrected chi connectivity index (χ4v) is 4.64. The number of para-hydroxylation sites is 1. The first-order chi connectivity index (χ1) is 14.7. The van der Waals surface area contributed by atoms with Gasteiger partial charge in [0.2, 0.25) is 0 Å². The van der Waals surface area contributed by atoms with Crippen molar-refractivity contribution in [2.75, 3.05) is 11.9 Å². The number of rotatable bonds is 6. The Morgan fingerprint density at radius 3 is 2.58 bits per heavy atom. The average molecular weight is 446 g/mol. The molecule has 1 amide bonds. The smallest absolute Gasteiger partial charge is 0.269 e. The highest BCUT2D eigenvalue weighted by Crippen LogP contribution is 2.33. The van der Waals surface area contributed by atoms with E-state index in [4.69, 9.17) is 4.74 Å². The molecule has 0 radical (unpaired) electrons. The Morgan fingerprint density at radius 1 is 1.19 bits per heavy atom. The Bertz CT molecular complexity index is 1290. The molecule has 3 aromatic rings. The lowest BCUT2D eigenvalue weighted by Crippen LogP contribution is -2.23. The highest BCUT2D eigenvalue weighted by molar-refractivity contribution is 7.90. The van der Waals surface area contributed by atoms with E-state index in [1.807, 2.05) is 0 Å². The molecule has 0 bridgehead atoms. The molecule has 0 unspecified atom stereocenters. The van der Waals surface area contributed by atoms with Gasteiger partial charge in [-0.05, 0) is 24.3 Å². The van der Waals surface area contributed by atoms with Crippen molar-refractivity contribution < 1.29 is 27.3 Å². The predicted octanol–water partition coefficient (Wildman–Crippen LogP) is 2.37. The van der Waals surface area contributed by atoms with E-state index in [9.17, 15) is 27.7 Å². The molecule has 2 heterocycles. The molecule has 0 spiro atoms. The summed E-state index contributed by atoms with van der Waals surface area (Å²) in [5, 5.41) is 17.7. The maximum absolute atomic E-state index is 13.7. The fourth-order valence-electron chi connectivity index (χ4n) is 3.15. The van der Waals surface area contributed by atoms with Crippen LogP contribution in [0.15, 0.2) is 48.5 Å².